The number of nitrogens with zero attached hydrogens (tertiary/aromatic N) is 4. The molecule has 4 rings (SSSR count). The molecule has 1 N–H and O–H groups in total. The molecule has 7 heteroatoms. The van der Waals surface area contributed by atoms with Crippen LogP contribution in [0.3, 0.4) is 0 Å². The highest BCUT2D eigenvalue weighted by molar-refractivity contribution is 6.05. The van der Waals surface area contributed by atoms with Crippen LogP contribution in [0.2, 0.25) is 0 Å². The number of ether oxygens (including phenoxy) is 1. The Morgan fingerprint density at radius 1 is 1.03 bits per heavy atom. The molecule has 0 atom stereocenters. The Morgan fingerprint density at radius 2 is 1.76 bits per heavy atom. The number of carbonyl (C=O) groups excluding carboxylic acids is 1. The van der Waals surface area contributed by atoms with Crippen molar-refractivity contribution in [3.63, 3.8) is 0 Å². The number of benzene rings is 1. The topological polar surface area (TPSA) is 80.2 Å². The molecule has 1 aliphatic heterocycles. The fraction of sp³-hybridized carbons (Fsp3) is 0.364. The summed E-state index contributed by atoms with van der Waals surface area (Å²) in [4.78, 5) is 28.7. The standard InChI is InChI=1S/C22H25N5O2/c1-3-17-18(4-2)25-20-13-15(5-7-19(20)24-17)22(28)26-21-8-6-16(14-23-21)27-9-11-29-12-10-27/h5-8,13-14H,3-4,9-12H2,1-2H3,(H,23,26,28). The van der Waals surface area contributed by atoms with E-state index in [-0.39, 0.29) is 5.91 Å². The zero-order valence-electron chi connectivity index (χ0n) is 16.8. The Bertz CT molecular complexity index is 1010. The zero-order valence-corrected chi connectivity index (χ0v) is 16.8. The molecular weight excluding hydrogens is 366 g/mol. The minimum atomic E-state index is -0.210. The highest BCUT2D eigenvalue weighted by atomic mass is 16.5. The van der Waals surface area contributed by atoms with Gasteiger partial charge in [0.2, 0.25) is 0 Å². The van der Waals surface area contributed by atoms with Crippen molar-refractivity contribution < 1.29 is 9.53 Å². The maximum atomic E-state index is 12.7. The average molecular weight is 391 g/mol. The van der Waals surface area contributed by atoms with Crippen molar-refractivity contribution in [2.75, 3.05) is 36.5 Å². The van der Waals surface area contributed by atoms with Crippen molar-refractivity contribution in [3.05, 3.63) is 53.5 Å². The summed E-state index contributed by atoms with van der Waals surface area (Å²) < 4.78 is 5.38. The zero-order chi connectivity index (χ0) is 20.2. The summed E-state index contributed by atoms with van der Waals surface area (Å²) in [5.41, 5.74) is 5.12. The van der Waals surface area contributed by atoms with E-state index in [1.54, 1.807) is 18.3 Å². The molecular formula is C22H25N5O2. The first kappa shape index (κ1) is 19.3. The lowest BCUT2D eigenvalue weighted by molar-refractivity contribution is 0.102. The fourth-order valence-corrected chi connectivity index (χ4v) is 3.49. The molecule has 150 valence electrons. The van der Waals surface area contributed by atoms with Crippen molar-refractivity contribution >= 4 is 28.4 Å². The van der Waals surface area contributed by atoms with E-state index in [4.69, 9.17) is 9.72 Å². The smallest absolute Gasteiger partial charge is 0.256 e. The maximum absolute atomic E-state index is 12.7. The van der Waals surface area contributed by atoms with Crippen LogP contribution in [0.15, 0.2) is 36.5 Å². The second kappa shape index (κ2) is 8.53. The van der Waals surface area contributed by atoms with E-state index in [0.29, 0.717) is 11.4 Å². The van der Waals surface area contributed by atoms with Gasteiger partial charge in [-0.25, -0.2) is 15.0 Å². The van der Waals surface area contributed by atoms with Crippen molar-refractivity contribution in [1.82, 2.24) is 15.0 Å². The van der Waals surface area contributed by atoms with Crippen molar-refractivity contribution in [1.29, 1.82) is 0 Å². The Hall–Kier alpha value is -3.06. The molecule has 1 aromatic carbocycles. The number of fused-ring (bicyclic) bond motifs is 1. The molecule has 3 aromatic rings. The van der Waals surface area contributed by atoms with Gasteiger partial charge in [0.05, 0.1) is 47.5 Å². The Balaban J connectivity index is 1.51. The molecule has 7 nitrogen and oxygen atoms in total. The molecule has 0 radical (unpaired) electrons. The second-order valence-corrected chi connectivity index (χ2v) is 6.98. The summed E-state index contributed by atoms with van der Waals surface area (Å²) in [6.45, 7) is 7.30. The molecule has 1 saturated heterocycles. The first-order chi connectivity index (χ1) is 14.2. The monoisotopic (exact) mass is 391 g/mol. The highest BCUT2D eigenvalue weighted by Gasteiger charge is 2.13. The van der Waals surface area contributed by atoms with Gasteiger partial charge in [0, 0.05) is 18.7 Å². The largest absolute Gasteiger partial charge is 0.378 e. The van der Waals surface area contributed by atoms with E-state index in [1.165, 1.54) is 0 Å². The van der Waals surface area contributed by atoms with Gasteiger partial charge in [0.1, 0.15) is 5.82 Å². The molecule has 1 aliphatic rings. The van der Waals surface area contributed by atoms with Crippen LogP contribution in [0.1, 0.15) is 35.6 Å². The van der Waals surface area contributed by atoms with E-state index < -0.39 is 0 Å². The van der Waals surface area contributed by atoms with Crippen molar-refractivity contribution in [2.45, 2.75) is 26.7 Å². The Morgan fingerprint density at radius 3 is 2.41 bits per heavy atom. The minimum Gasteiger partial charge on any atom is -0.378 e. The van der Waals surface area contributed by atoms with Gasteiger partial charge in [0.25, 0.3) is 5.91 Å². The minimum absolute atomic E-state index is 0.210. The third-order valence-corrected chi connectivity index (χ3v) is 5.12. The van der Waals surface area contributed by atoms with E-state index in [9.17, 15) is 4.79 Å². The molecule has 0 aliphatic carbocycles. The predicted octanol–water partition coefficient (Wildman–Crippen LogP) is 3.24. The third kappa shape index (κ3) is 4.19. The number of nitrogens with one attached hydrogen (secondary N) is 1. The normalized spacial score (nSPS) is 14.2. The number of anilines is 2. The van der Waals surface area contributed by atoms with Gasteiger partial charge in [-0.2, -0.15) is 0 Å². The van der Waals surface area contributed by atoms with Crippen LogP contribution in [0.25, 0.3) is 11.0 Å². The van der Waals surface area contributed by atoms with Crippen LogP contribution in [-0.2, 0) is 17.6 Å². The molecule has 29 heavy (non-hydrogen) atoms. The maximum Gasteiger partial charge on any atom is 0.256 e. The molecule has 1 amide bonds. The van der Waals surface area contributed by atoms with E-state index in [2.05, 4.69) is 34.0 Å². The van der Waals surface area contributed by atoms with Crippen LogP contribution in [-0.4, -0.2) is 47.2 Å². The number of carbonyl (C=O) groups is 1. The first-order valence-corrected chi connectivity index (χ1v) is 10.1. The Kier molecular flexibility index (Phi) is 5.67. The van der Waals surface area contributed by atoms with Gasteiger partial charge in [-0.3, -0.25) is 4.79 Å². The van der Waals surface area contributed by atoms with Crippen molar-refractivity contribution in [3.8, 4) is 0 Å². The lowest BCUT2D eigenvalue weighted by Crippen LogP contribution is -2.36. The molecule has 0 bridgehead atoms. The summed E-state index contributed by atoms with van der Waals surface area (Å²) in [7, 11) is 0. The molecule has 1 fully saturated rings. The van der Waals surface area contributed by atoms with Gasteiger partial charge >= 0.3 is 0 Å². The number of hydrogen-bond donors (Lipinski definition) is 1. The summed E-state index contributed by atoms with van der Waals surface area (Å²) in [5, 5.41) is 2.86. The average Bonchev–Trinajstić information content (AvgIpc) is 2.78. The summed E-state index contributed by atoms with van der Waals surface area (Å²) >= 11 is 0. The first-order valence-electron chi connectivity index (χ1n) is 10.1. The fourth-order valence-electron chi connectivity index (χ4n) is 3.49. The number of hydrogen-bond acceptors (Lipinski definition) is 6. The van der Waals surface area contributed by atoms with E-state index in [0.717, 1.165) is 67.3 Å². The summed E-state index contributed by atoms with van der Waals surface area (Å²) in [6.07, 6.45) is 3.45. The Labute approximate surface area is 170 Å². The number of rotatable bonds is 5. The number of aryl methyl sites for hydroxylation is 2. The lowest BCUT2D eigenvalue weighted by Gasteiger charge is -2.28. The summed E-state index contributed by atoms with van der Waals surface area (Å²) in [6, 6.07) is 9.22. The molecule has 0 spiro atoms. The van der Waals surface area contributed by atoms with Gasteiger partial charge < -0.3 is 15.0 Å². The van der Waals surface area contributed by atoms with Crippen LogP contribution in [0.4, 0.5) is 11.5 Å². The predicted molar refractivity (Wildman–Crippen MR) is 114 cm³/mol. The van der Waals surface area contributed by atoms with Crippen LogP contribution in [0, 0.1) is 0 Å². The molecule has 3 heterocycles. The molecule has 2 aromatic heterocycles. The van der Waals surface area contributed by atoms with Gasteiger partial charge in [-0.15, -0.1) is 0 Å². The van der Waals surface area contributed by atoms with E-state index in [1.807, 2.05) is 18.2 Å². The SMILES string of the molecule is CCc1nc2ccc(C(=O)Nc3ccc(N4CCOCC4)cn3)cc2nc1CC. The third-order valence-electron chi connectivity index (χ3n) is 5.12. The number of amides is 1. The molecule has 0 unspecified atom stereocenters. The second-order valence-electron chi connectivity index (χ2n) is 6.98. The van der Waals surface area contributed by atoms with Gasteiger partial charge in [0.15, 0.2) is 0 Å². The van der Waals surface area contributed by atoms with Crippen molar-refractivity contribution in [2.24, 2.45) is 0 Å². The summed E-state index contributed by atoms with van der Waals surface area (Å²) in [5.74, 6) is 0.312. The van der Waals surface area contributed by atoms with E-state index >= 15 is 0 Å². The number of pyridine rings is 1. The lowest BCUT2D eigenvalue weighted by atomic mass is 10.1. The van der Waals surface area contributed by atoms with Crippen LogP contribution < -0.4 is 10.2 Å². The quantitative estimate of drug-likeness (QED) is 0.719. The highest BCUT2D eigenvalue weighted by Crippen LogP contribution is 2.19. The molecule has 0 saturated carbocycles. The number of aromatic nitrogens is 3. The van der Waals surface area contributed by atoms with Crippen LogP contribution >= 0.6 is 0 Å². The van der Waals surface area contributed by atoms with Crippen LogP contribution in [0.5, 0.6) is 0 Å². The van der Waals surface area contributed by atoms with Gasteiger partial charge in [-0.1, -0.05) is 13.8 Å². The number of morpholine rings is 1. The van der Waals surface area contributed by atoms with Gasteiger partial charge in [-0.05, 0) is 43.2 Å².